The zero-order valence-corrected chi connectivity index (χ0v) is 9.50. The first-order valence-electron chi connectivity index (χ1n) is 4.96. The van der Waals surface area contributed by atoms with Crippen LogP contribution in [0, 0.1) is 0 Å². The fourth-order valence-corrected chi connectivity index (χ4v) is 1.82. The molecular weight excluding hydrogens is 214 g/mol. The summed E-state index contributed by atoms with van der Waals surface area (Å²) in [6.07, 6.45) is 5.48. The number of unbranched alkanes of at least 4 members (excludes halogenated alkanes) is 2. The highest BCUT2D eigenvalue weighted by atomic mass is 32.2. The lowest BCUT2D eigenvalue weighted by atomic mass is 10.1. The molecule has 15 heavy (non-hydrogen) atoms. The van der Waals surface area contributed by atoms with Gasteiger partial charge in [-0.3, -0.25) is 4.55 Å². The molecule has 0 amide bonds. The summed E-state index contributed by atoms with van der Waals surface area (Å²) in [5, 5.41) is -0.267. The Bertz CT molecular complexity index is 414. The monoisotopic (exact) mass is 229 g/mol. The molecule has 0 saturated heterocycles. The summed E-state index contributed by atoms with van der Waals surface area (Å²) < 4.78 is 30.4. The van der Waals surface area contributed by atoms with Gasteiger partial charge in [-0.2, -0.15) is 8.42 Å². The van der Waals surface area contributed by atoms with Crippen molar-refractivity contribution >= 4 is 10.1 Å². The van der Waals surface area contributed by atoms with Gasteiger partial charge >= 0.3 is 10.1 Å². The Morgan fingerprint density at radius 2 is 2.13 bits per heavy atom. The van der Waals surface area contributed by atoms with E-state index >= 15 is 0 Å². The summed E-state index contributed by atoms with van der Waals surface area (Å²) in [7, 11) is -4.17. The van der Waals surface area contributed by atoms with Crippen molar-refractivity contribution < 1.29 is 13.0 Å². The largest absolute Gasteiger partial charge is 0.312 e. The number of rotatable bonds is 5. The Morgan fingerprint density at radius 3 is 2.73 bits per heavy atom. The molecule has 0 spiro atoms. The zero-order chi connectivity index (χ0) is 11.3. The highest BCUT2D eigenvalue weighted by Crippen LogP contribution is 2.10. The van der Waals surface area contributed by atoms with E-state index in [1.54, 1.807) is 6.07 Å². The zero-order valence-electron chi connectivity index (χ0n) is 8.68. The second-order valence-corrected chi connectivity index (χ2v) is 4.80. The van der Waals surface area contributed by atoms with Crippen molar-refractivity contribution in [3.63, 3.8) is 0 Å². The van der Waals surface area contributed by atoms with Gasteiger partial charge in [0.1, 0.15) is 0 Å². The van der Waals surface area contributed by atoms with Gasteiger partial charge < -0.3 is 0 Å². The molecule has 1 N–H and O–H groups in total. The molecule has 4 nitrogen and oxygen atoms in total. The minimum absolute atomic E-state index is 0.267. The smallest absolute Gasteiger partial charge is 0.281 e. The van der Waals surface area contributed by atoms with E-state index in [-0.39, 0.29) is 5.03 Å². The van der Waals surface area contributed by atoms with Gasteiger partial charge in [0.2, 0.25) is 0 Å². The van der Waals surface area contributed by atoms with Crippen LogP contribution in [0.2, 0.25) is 0 Å². The Kier molecular flexibility index (Phi) is 4.23. The molecule has 84 valence electrons. The first-order chi connectivity index (χ1) is 7.04. The molecular formula is C10H15NO3S. The first kappa shape index (κ1) is 12.1. The van der Waals surface area contributed by atoms with Crippen molar-refractivity contribution in [1.82, 2.24) is 4.98 Å². The third-order valence-electron chi connectivity index (χ3n) is 2.13. The van der Waals surface area contributed by atoms with Gasteiger partial charge in [-0.1, -0.05) is 19.8 Å². The molecule has 0 bridgehead atoms. The van der Waals surface area contributed by atoms with Crippen LogP contribution in [0.4, 0.5) is 0 Å². The quantitative estimate of drug-likeness (QED) is 0.620. The molecule has 1 rings (SSSR count). The number of pyridine rings is 1. The number of aromatic nitrogens is 1. The number of hydrogen-bond donors (Lipinski definition) is 1. The normalized spacial score (nSPS) is 11.6. The highest BCUT2D eigenvalue weighted by molar-refractivity contribution is 7.85. The first-order valence-corrected chi connectivity index (χ1v) is 6.40. The molecule has 0 fully saturated rings. The van der Waals surface area contributed by atoms with Crippen molar-refractivity contribution in [3.05, 3.63) is 23.9 Å². The highest BCUT2D eigenvalue weighted by Gasteiger charge is 2.10. The Labute approximate surface area is 90.1 Å². The lowest BCUT2D eigenvalue weighted by molar-refractivity contribution is 0.479. The Morgan fingerprint density at radius 1 is 1.40 bits per heavy atom. The van der Waals surface area contributed by atoms with Gasteiger partial charge in [-0.05, 0) is 30.5 Å². The summed E-state index contributed by atoms with van der Waals surface area (Å²) in [4.78, 5) is 3.60. The lowest BCUT2D eigenvalue weighted by Gasteiger charge is -2.01. The second-order valence-electron chi connectivity index (χ2n) is 3.43. The molecule has 0 radical (unpaired) electrons. The SMILES string of the molecule is CCCCCc1ccnc(S(=O)(=O)O)c1. The molecule has 5 heteroatoms. The van der Waals surface area contributed by atoms with E-state index in [9.17, 15) is 8.42 Å². The molecule has 1 aromatic rings. The van der Waals surface area contributed by atoms with Crippen molar-refractivity contribution in [3.8, 4) is 0 Å². The maximum atomic E-state index is 10.8. The molecule has 0 atom stereocenters. The molecule has 0 aliphatic rings. The number of hydrogen-bond acceptors (Lipinski definition) is 3. The van der Waals surface area contributed by atoms with Gasteiger partial charge in [0.15, 0.2) is 5.03 Å². The van der Waals surface area contributed by atoms with Crippen molar-refractivity contribution in [2.45, 2.75) is 37.6 Å². The van der Waals surface area contributed by atoms with Gasteiger partial charge in [0.05, 0.1) is 0 Å². The summed E-state index contributed by atoms with van der Waals surface area (Å²) in [6.45, 7) is 2.11. The predicted molar refractivity (Wildman–Crippen MR) is 57.3 cm³/mol. The van der Waals surface area contributed by atoms with E-state index in [4.69, 9.17) is 4.55 Å². The van der Waals surface area contributed by atoms with Gasteiger partial charge in [-0.25, -0.2) is 4.98 Å². The van der Waals surface area contributed by atoms with Crippen LogP contribution in [0.5, 0.6) is 0 Å². The summed E-state index contributed by atoms with van der Waals surface area (Å²) in [6, 6.07) is 3.19. The van der Waals surface area contributed by atoms with Crippen LogP contribution in [-0.4, -0.2) is 18.0 Å². The van der Waals surface area contributed by atoms with Gasteiger partial charge in [-0.15, -0.1) is 0 Å². The number of aryl methyl sites for hydroxylation is 1. The maximum absolute atomic E-state index is 10.8. The van der Waals surface area contributed by atoms with Crippen molar-refractivity contribution in [2.24, 2.45) is 0 Å². The van der Waals surface area contributed by atoms with Crippen LogP contribution in [0.3, 0.4) is 0 Å². The summed E-state index contributed by atoms with van der Waals surface area (Å²) in [5.41, 5.74) is 0.895. The fourth-order valence-electron chi connectivity index (χ4n) is 1.33. The van der Waals surface area contributed by atoms with Gasteiger partial charge in [0.25, 0.3) is 0 Å². The molecule has 0 aromatic carbocycles. The van der Waals surface area contributed by atoms with Crippen molar-refractivity contribution in [2.75, 3.05) is 0 Å². The minimum Gasteiger partial charge on any atom is -0.281 e. The van der Waals surface area contributed by atoms with E-state index in [2.05, 4.69) is 11.9 Å². The second kappa shape index (κ2) is 5.23. The van der Waals surface area contributed by atoms with E-state index in [0.29, 0.717) is 0 Å². The van der Waals surface area contributed by atoms with Crippen LogP contribution in [0.1, 0.15) is 31.7 Å². The maximum Gasteiger partial charge on any atom is 0.312 e. The standard InChI is InChI=1S/C10H15NO3S/c1-2-3-4-5-9-6-7-11-10(8-9)15(12,13)14/h6-8H,2-5H2,1H3,(H,12,13,14). The van der Waals surface area contributed by atoms with Crippen molar-refractivity contribution in [1.29, 1.82) is 0 Å². The van der Waals surface area contributed by atoms with Crippen LogP contribution < -0.4 is 0 Å². The minimum atomic E-state index is -4.17. The molecule has 1 aromatic heterocycles. The van der Waals surface area contributed by atoms with Gasteiger partial charge in [0, 0.05) is 6.20 Å². The van der Waals surface area contributed by atoms with E-state index < -0.39 is 10.1 Å². The summed E-state index contributed by atoms with van der Waals surface area (Å²) >= 11 is 0. The lowest BCUT2D eigenvalue weighted by Crippen LogP contribution is -2.02. The predicted octanol–water partition coefficient (Wildman–Crippen LogP) is 2.06. The molecule has 0 saturated carbocycles. The fraction of sp³-hybridized carbons (Fsp3) is 0.500. The molecule has 0 aliphatic carbocycles. The Balaban J connectivity index is 2.75. The van der Waals surface area contributed by atoms with Crippen LogP contribution in [0.25, 0.3) is 0 Å². The number of nitrogens with zero attached hydrogens (tertiary/aromatic N) is 1. The van der Waals surface area contributed by atoms with Crippen LogP contribution in [0.15, 0.2) is 23.4 Å². The molecule has 1 heterocycles. The molecule has 0 unspecified atom stereocenters. The van der Waals surface area contributed by atoms with Crippen LogP contribution in [-0.2, 0) is 16.5 Å². The average molecular weight is 229 g/mol. The third kappa shape index (κ3) is 3.97. The van der Waals surface area contributed by atoms with E-state index in [1.165, 1.54) is 12.3 Å². The Hall–Kier alpha value is -0.940. The third-order valence-corrected chi connectivity index (χ3v) is 2.88. The average Bonchev–Trinajstić information content (AvgIpc) is 2.17. The van der Waals surface area contributed by atoms with E-state index in [1.807, 2.05) is 0 Å². The molecule has 0 aliphatic heterocycles. The van der Waals surface area contributed by atoms with Crippen LogP contribution >= 0.6 is 0 Å². The summed E-state index contributed by atoms with van der Waals surface area (Å²) in [5.74, 6) is 0. The van der Waals surface area contributed by atoms with E-state index in [0.717, 1.165) is 31.2 Å². The topological polar surface area (TPSA) is 67.3 Å².